The molecule has 2 aliphatic rings. The monoisotopic (exact) mass is 495 g/mol. The standard InChI is InChI=1S/C27H33N3O6/c1-17-14-29(15-18(2)36-17)27(33)20-7-5-19(6-8-20)13-28-26(32)21-11-25(31)30(16-21)22-9-10-23(34-3)24(12-22)35-4/h5-10,12,17-18,21H,11,13-16H2,1-4H3,(H,28,32). The van der Waals surface area contributed by atoms with E-state index in [1.54, 1.807) is 42.3 Å². The van der Waals surface area contributed by atoms with Gasteiger partial charge in [-0.05, 0) is 43.7 Å². The summed E-state index contributed by atoms with van der Waals surface area (Å²) in [5, 5.41) is 2.92. The lowest BCUT2D eigenvalue weighted by Gasteiger charge is -2.35. The molecule has 192 valence electrons. The number of benzene rings is 2. The summed E-state index contributed by atoms with van der Waals surface area (Å²) in [6.07, 6.45) is 0.166. The SMILES string of the molecule is COc1ccc(N2CC(C(=O)NCc3ccc(C(=O)N4CC(C)OC(C)C4)cc3)CC2=O)cc1OC. The van der Waals surface area contributed by atoms with Gasteiger partial charge in [-0.15, -0.1) is 0 Å². The molecular formula is C27H33N3O6. The minimum atomic E-state index is -0.447. The highest BCUT2D eigenvalue weighted by Crippen LogP contribution is 2.34. The number of hydrogen-bond acceptors (Lipinski definition) is 6. The number of ether oxygens (including phenoxy) is 3. The van der Waals surface area contributed by atoms with Gasteiger partial charge in [0.25, 0.3) is 5.91 Å². The maximum absolute atomic E-state index is 12.8. The Morgan fingerprint density at radius 1 is 0.972 bits per heavy atom. The molecule has 2 heterocycles. The van der Waals surface area contributed by atoms with E-state index in [4.69, 9.17) is 14.2 Å². The number of carbonyl (C=O) groups is 3. The summed E-state index contributed by atoms with van der Waals surface area (Å²) in [5.74, 6) is 0.336. The van der Waals surface area contributed by atoms with Crippen LogP contribution in [0.2, 0.25) is 0 Å². The fourth-order valence-electron chi connectivity index (χ4n) is 4.75. The largest absolute Gasteiger partial charge is 0.493 e. The highest BCUT2D eigenvalue weighted by molar-refractivity contribution is 6.00. The van der Waals surface area contributed by atoms with Crippen LogP contribution in [0.25, 0.3) is 0 Å². The van der Waals surface area contributed by atoms with Gasteiger partial charge >= 0.3 is 0 Å². The molecule has 3 amide bonds. The first kappa shape index (κ1) is 25.5. The van der Waals surface area contributed by atoms with Crippen LogP contribution < -0.4 is 19.7 Å². The Bertz CT molecular complexity index is 1110. The minimum absolute atomic E-state index is 0.0114. The average Bonchev–Trinajstić information content (AvgIpc) is 3.27. The molecule has 0 radical (unpaired) electrons. The molecule has 36 heavy (non-hydrogen) atoms. The highest BCUT2D eigenvalue weighted by atomic mass is 16.5. The number of anilines is 1. The second kappa shape index (κ2) is 11.0. The van der Waals surface area contributed by atoms with Crippen LogP contribution in [-0.2, 0) is 20.9 Å². The van der Waals surface area contributed by atoms with Crippen molar-refractivity contribution in [1.82, 2.24) is 10.2 Å². The van der Waals surface area contributed by atoms with E-state index in [9.17, 15) is 14.4 Å². The predicted octanol–water partition coefficient (Wildman–Crippen LogP) is 2.62. The summed E-state index contributed by atoms with van der Waals surface area (Å²) >= 11 is 0. The zero-order valence-electron chi connectivity index (χ0n) is 21.2. The molecule has 9 heteroatoms. The van der Waals surface area contributed by atoms with Gasteiger partial charge in [-0.2, -0.15) is 0 Å². The lowest BCUT2D eigenvalue weighted by Crippen LogP contribution is -2.48. The van der Waals surface area contributed by atoms with Gasteiger partial charge in [0, 0.05) is 49.9 Å². The van der Waals surface area contributed by atoms with Crippen LogP contribution >= 0.6 is 0 Å². The lowest BCUT2D eigenvalue weighted by molar-refractivity contribution is -0.126. The number of amides is 3. The lowest BCUT2D eigenvalue weighted by atomic mass is 10.1. The van der Waals surface area contributed by atoms with Gasteiger partial charge in [-0.3, -0.25) is 14.4 Å². The molecule has 9 nitrogen and oxygen atoms in total. The average molecular weight is 496 g/mol. The van der Waals surface area contributed by atoms with Crippen LogP contribution in [-0.4, -0.2) is 68.7 Å². The third-order valence-electron chi connectivity index (χ3n) is 6.55. The molecule has 0 saturated carbocycles. The van der Waals surface area contributed by atoms with Crippen molar-refractivity contribution in [3.63, 3.8) is 0 Å². The first-order valence-corrected chi connectivity index (χ1v) is 12.1. The fraction of sp³-hybridized carbons (Fsp3) is 0.444. The molecule has 3 unspecified atom stereocenters. The van der Waals surface area contributed by atoms with Crippen LogP contribution in [0.4, 0.5) is 5.69 Å². The van der Waals surface area contributed by atoms with Crippen LogP contribution in [0.3, 0.4) is 0 Å². The van der Waals surface area contributed by atoms with Crippen molar-refractivity contribution in [2.24, 2.45) is 5.92 Å². The molecule has 2 aromatic rings. The molecular weight excluding hydrogens is 462 g/mol. The molecule has 2 aliphatic heterocycles. The summed E-state index contributed by atoms with van der Waals surface area (Å²) in [4.78, 5) is 41.7. The quantitative estimate of drug-likeness (QED) is 0.634. The van der Waals surface area contributed by atoms with E-state index in [1.807, 2.05) is 30.9 Å². The summed E-state index contributed by atoms with van der Waals surface area (Å²) in [6, 6.07) is 12.5. The molecule has 1 N–H and O–H groups in total. The molecule has 0 spiro atoms. The Labute approximate surface area is 211 Å². The van der Waals surface area contributed by atoms with E-state index in [0.717, 1.165) is 5.56 Å². The Morgan fingerprint density at radius 3 is 2.28 bits per heavy atom. The van der Waals surface area contributed by atoms with Crippen LogP contribution in [0, 0.1) is 5.92 Å². The van der Waals surface area contributed by atoms with E-state index in [0.29, 0.717) is 48.9 Å². The molecule has 2 saturated heterocycles. The molecule has 0 aromatic heterocycles. The smallest absolute Gasteiger partial charge is 0.254 e. The van der Waals surface area contributed by atoms with Crippen LogP contribution in [0.15, 0.2) is 42.5 Å². The minimum Gasteiger partial charge on any atom is -0.493 e. The number of hydrogen-bond donors (Lipinski definition) is 1. The second-order valence-electron chi connectivity index (χ2n) is 9.33. The predicted molar refractivity (Wildman–Crippen MR) is 134 cm³/mol. The molecule has 2 aromatic carbocycles. The summed E-state index contributed by atoms with van der Waals surface area (Å²) < 4.78 is 16.3. The number of nitrogens with one attached hydrogen (secondary N) is 1. The maximum Gasteiger partial charge on any atom is 0.254 e. The van der Waals surface area contributed by atoms with Gasteiger partial charge in [-0.25, -0.2) is 0 Å². The Kier molecular flexibility index (Phi) is 7.79. The van der Waals surface area contributed by atoms with E-state index in [1.165, 1.54) is 7.11 Å². The van der Waals surface area contributed by atoms with Gasteiger partial charge in [0.1, 0.15) is 0 Å². The van der Waals surface area contributed by atoms with Gasteiger partial charge in [-0.1, -0.05) is 12.1 Å². The van der Waals surface area contributed by atoms with Crippen LogP contribution in [0.1, 0.15) is 36.2 Å². The van der Waals surface area contributed by atoms with Gasteiger partial charge < -0.3 is 29.3 Å². The first-order valence-electron chi connectivity index (χ1n) is 12.1. The van der Waals surface area contributed by atoms with Crippen molar-refractivity contribution in [2.45, 2.75) is 39.0 Å². The third-order valence-corrected chi connectivity index (χ3v) is 6.55. The molecule has 2 fully saturated rings. The van der Waals surface area contributed by atoms with Crippen LogP contribution in [0.5, 0.6) is 11.5 Å². The molecule has 4 rings (SSSR count). The Morgan fingerprint density at radius 2 is 1.64 bits per heavy atom. The Balaban J connectivity index is 1.32. The highest BCUT2D eigenvalue weighted by Gasteiger charge is 2.35. The number of rotatable bonds is 7. The zero-order valence-corrected chi connectivity index (χ0v) is 21.2. The van der Waals surface area contributed by atoms with E-state index >= 15 is 0 Å². The van der Waals surface area contributed by atoms with Crippen molar-refractivity contribution in [2.75, 3.05) is 38.8 Å². The van der Waals surface area contributed by atoms with Gasteiger partial charge in [0.05, 0.1) is 32.3 Å². The summed E-state index contributed by atoms with van der Waals surface area (Å²) in [7, 11) is 3.09. The van der Waals surface area contributed by atoms with E-state index in [-0.39, 0.29) is 36.4 Å². The van der Waals surface area contributed by atoms with Gasteiger partial charge in [0.2, 0.25) is 11.8 Å². The summed E-state index contributed by atoms with van der Waals surface area (Å²) in [5.41, 5.74) is 2.15. The summed E-state index contributed by atoms with van der Waals surface area (Å²) in [6.45, 7) is 5.69. The van der Waals surface area contributed by atoms with E-state index in [2.05, 4.69) is 5.32 Å². The number of carbonyl (C=O) groups excluding carboxylic acids is 3. The molecule has 0 aliphatic carbocycles. The number of morpholine rings is 1. The van der Waals surface area contributed by atoms with Crippen molar-refractivity contribution < 1.29 is 28.6 Å². The normalized spacial score (nSPS) is 21.9. The van der Waals surface area contributed by atoms with Crippen molar-refractivity contribution in [1.29, 1.82) is 0 Å². The van der Waals surface area contributed by atoms with Crippen molar-refractivity contribution in [3.8, 4) is 11.5 Å². The Hall–Kier alpha value is -3.59. The fourth-order valence-corrected chi connectivity index (χ4v) is 4.75. The second-order valence-corrected chi connectivity index (χ2v) is 9.33. The first-order chi connectivity index (χ1) is 17.3. The van der Waals surface area contributed by atoms with Crippen molar-refractivity contribution in [3.05, 3.63) is 53.6 Å². The molecule has 3 atom stereocenters. The zero-order chi connectivity index (χ0) is 25.8. The van der Waals surface area contributed by atoms with Gasteiger partial charge in [0.15, 0.2) is 11.5 Å². The third kappa shape index (κ3) is 5.62. The topological polar surface area (TPSA) is 97.4 Å². The number of nitrogens with zero attached hydrogens (tertiary/aromatic N) is 2. The van der Waals surface area contributed by atoms with Crippen molar-refractivity contribution >= 4 is 23.4 Å². The van der Waals surface area contributed by atoms with E-state index < -0.39 is 5.92 Å². The number of methoxy groups -OCH3 is 2. The maximum atomic E-state index is 12.8. The molecule has 0 bridgehead atoms.